The summed E-state index contributed by atoms with van der Waals surface area (Å²) in [4.78, 5) is 14.6. The van der Waals surface area contributed by atoms with E-state index in [1.54, 1.807) is 6.92 Å². The standard InChI is InChI=1S/C14H13N3O2/c1-2-19-14(18)13-11(16)10(8-15)12(17-13)9-6-4-3-5-7-9/h3-7,17H,2,16H2,1H3. The highest BCUT2D eigenvalue weighted by molar-refractivity contribution is 5.97. The second kappa shape index (κ2) is 5.27. The van der Waals surface area contributed by atoms with Crippen LogP contribution < -0.4 is 5.73 Å². The number of nitrogens with two attached hydrogens (primary N) is 1. The second-order valence-corrected chi connectivity index (χ2v) is 3.86. The molecule has 0 radical (unpaired) electrons. The van der Waals surface area contributed by atoms with E-state index >= 15 is 0 Å². The molecule has 5 heteroatoms. The van der Waals surface area contributed by atoms with E-state index in [-0.39, 0.29) is 23.6 Å². The van der Waals surface area contributed by atoms with E-state index in [4.69, 9.17) is 10.5 Å². The third-order valence-electron chi connectivity index (χ3n) is 2.69. The number of carbonyl (C=O) groups excluding carboxylic acids is 1. The predicted molar refractivity (Wildman–Crippen MR) is 71.3 cm³/mol. The van der Waals surface area contributed by atoms with Crippen LogP contribution in [0.3, 0.4) is 0 Å². The van der Waals surface area contributed by atoms with Gasteiger partial charge in [-0.3, -0.25) is 0 Å². The molecule has 0 aliphatic heterocycles. The molecule has 2 aromatic rings. The number of anilines is 1. The van der Waals surface area contributed by atoms with Crippen LogP contribution >= 0.6 is 0 Å². The van der Waals surface area contributed by atoms with Crippen LogP contribution in [-0.4, -0.2) is 17.6 Å². The number of hydrogen-bond donors (Lipinski definition) is 2. The van der Waals surface area contributed by atoms with Gasteiger partial charge in [0.15, 0.2) is 0 Å². The molecule has 1 heterocycles. The number of nitrogens with zero attached hydrogens (tertiary/aromatic N) is 1. The van der Waals surface area contributed by atoms with Crippen LogP contribution in [0.4, 0.5) is 5.69 Å². The van der Waals surface area contributed by atoms with E-state index in [9.17, 15) is 10.1 Å². The molecule has 0 bridgehead atoms. The fourth-order valence-electron chi connectivity index (χ4n) is 1.82. The number of H-pyrrole nitrogens is 1. The van der Waals surface area contributed by atoms with Gasteiger partial charge in [-0.15, -0.1) is 0 Å². The summed E-state index contributed by atoms with van der Waals surface area (Å²) in [5.74, 6) is -0.557. The highest BCUT2D eigenvalue weighted by Gasteiger charge is 2.21. The van der Waals surface area contributed by atoms with Crippen molar-refractivity contribution in [2.45, 2.75) is 6.92 Å². The van der Waals surface area contributed by atoms with Crippen molar-refractivity contribution in [3.05, 3.63) is 41.6 Å². The number of benzene rings is 1. The maximum atomic E-state index is 11.7. The lowest BCUT2D eigenvalue weighted by Crippen LogP contribution is -2.07. The van der Waals surface area contributed by atoms with Gasteiger partial charge in [-0.25, -0.2) is 4.79 Å². The summed E-state index contributed by atoms with van der Waals surface area (Å²) in [6, 6.07) is 11.2. The van der Waals surface area contributed by atoms with Crippen molar-refractivity contribution >= 4 is 11.7 Å². The minimum absolute atomic E-state index is 0.122. The van der Waals surface area contributed by atoms with Crippen LogP contribution in [0, 0.1) is 11.3 Å². The number of carbonyl (C=O) groups is 1. The summed E-state index contributed by atoms with van der Waals surface area (Å²) < 4.78 is 4.90. The number of nitrogens with one attached hydrogen (secondary N) is 1. The smallest absolute Gasteiger partial charge is 0.356 e. The van der Waals surface area contributed by atoms with Crippen molar-refractivity contribution in [3.63, 3.8) is 0 Å². The molecule has 0 atom stereocenters. The summed E-state index contributed by atoms with van der Waals surface area (Å²) >= 11 is 0. The number of aromatic amines is 1. The van der Waals surface area contributed by atoms with Crippen molar-refractivity contribution in [2.75, 3.05) is 12.3 Å². The molecular weight excluding hydrogens is 242 g/mol. The zero-order chi connectivity index (χ0) is 13.8. The maximum Gasteiger partial charge on any atom is 0.356 e. The van der Waals surface area contributed by atoms with Crippen LogP contribution in [-0.2, 0) is 4.74 Å². The Hall–Kier alpha value is -2.74. The molecule has 0 saturated carbocycles. The minimum Gasteiger partial charge on any atom is -0.461 e. The summed E-state index contributed by atoms with van der Waals surface area (Å²) in [7, 11) is 0. The summed E-state index contributed by atoms with van der Waals surface area (Å²) in [6.07, 6.45) is 0. The van der Waals surface area contributed by atoms with E-state index < -0.39 is 5.97 Å². The molecule has 19 heavy (non-hydrogen) atoms. The Balaban J connectivity index is 2.55. The number of aromatic nitrogens is 1. The summed E-state index contributed by atoms with van der Waals surface area (Å²) in [5, 5.41) is 9.18. The molecule has 1 aromatic carbocycles. The molecule has 96 valence electrons. The molecule has 0 aliphatic rings. The minimum atomic E-state index is -0.557. The predicted octanol–water partition coefficient (Wildman–Crippen LogP) is 2.31. The highest BCUT2D eigenvalue weighted by Crippen LogP contribution is 2.29. The third-order valence-corrected chi connectivity index (χ3v) is 2.69. The molecule has 0 unspecified atom stereocenters. The van der Waals surface area contributed by atoms with E-state index in [0.717, 1.165) is 5.56 Å². The Morgan fingerprint density at radius 1 is 1.42 bits per heavy atom. The molecule has 5 nitrogen and oxygen atoms in total. The molecule has 0 spiro atoms. The lowest BCUT2D eigenvalue weighted by molar-refractivity contribution is 0.0521. The van der Waals surface area contributed by atoms with Crippen LogP contribution in [0.5, 0.6) is 0 Å². The van der Waals surface area contributed by atoms with Crippen LogP contribution in [0.2, 0.25) is 0 Å². The zero-order valence-electron chi connectivity index (χ0n) is 10.4. The first-order chi connectivity index (χ1) is 9.19. The molecule has 1 aromatic heterocycles. The van der Waals surface area contributed by atoms with Gasteiger partial charge in [0.25, 0.3) is 0 Å². The van der Waals surface area contributed by atoms with Gasteiger partial charge in [0.1, 0.15) is 17.3 Å². The van der Waals surface area contributed by atoms with Crippen molar-refractivity contribution < 1.29 is 9.53 Å². The van der Waals surface area contributed by atoms with Crippen molar-refractivity contribution in [3.8, 4) is 17.3 Å². The number of ether oxygens (including phenoxy) is 1. The monoisotopic (exact) mass is 255 g/mol. The van der Waals surface area contributed by atoms with Gasteiger partial charge in [0, 0.05) is 0 Å². The van der Waals surface area contributed by atoms with Gasteiger partial charge in [-0.2, -0.15) is 5.26 Å². The lowest BCUT2D eigenvalue weighted by Gasteiger charge is -1.99. The Kier molecular flexibility index (Phi) is 3.53. The molecule has 0 saturated heterocycles. The summed E-state index contributed by atoms with van der Waals surface area (Å²) in [5.41, 5.74) is 7.66. The van der Waals surface area contributed by atoms with Gasteiger partial charge in [0.05, 0.1) is 18.0 Å². The Morgan fingerprint density at radius 2 is 2.11 bits per heavy atom. The van der Waals surface area contributed by atoms with Gasteiger partial charge in [0.2, 0.25) is 0 Å². The van der Waals surface area contributed by atoms with Gasteiger partial charge in [-0.05, 0) is 12.5 Å². The normalized spacial score (nSPS) is 9.89. The average Bonchev–Trinajstić information content (AvgIpc) is 2.77. The number of nitriles is 1. The van der Waals surface area contributed by atoms with E-state index in [0.29, 0.717) is 5.69 Å². The summed E-state index contributed by atoms with van der Waals surface area (Å²) in [6.45, 7) is 1.96. The van der Waals surface area contributed by atoms with Crippen LogP contribution in [0.25, 0.3) is 11.3 Å². The van der Waals surface area contributed by atoms with Gasteiger partial charge in [-0.1, -0.05) is 30.3 Å². The molecule has 0 amide bonds. The number of rotatable bonds is 3. The zero-order valence-corrected chi connectivity index (χ0v) is 10.4. The largest absolute Gasteiger partial charge is 0.461 e. The van der Waals surface area contributed by atoms with Gasteiger partial charge >= 0.3 is 5.97 Å². The van der Waals surface area contributed by atoms with E-state index in [2.05, 4.69) is 4.98 Å². The number of nitrogen functional groups attached to an aromatic ring is 1. The second-order valence-electron chi connectivity index (χ2n) is 3.86. The molecule has 3 N–H and O–H groups in total. The Bertz CT molecular complexity index is 639. The number of esters is 1. The van der Waals surface area contributed by atoms with Crippen molar-refractivity contribution in [1.29, 1.82) is 5.26 Å². The van der Waals surface area contributed by atoms with E-state index in [1.807, 2.05) is 36.4 Å². The Morgan fingerprint density at radius 3 is 2.68 bits per heavy atom. The van der Waals surface area contributed by atoms with Crippen molar-refractivity contribution in [1.82, 2.24) is 4.98 Å². The fraction of sp³-hybridized carbons (Fsp3) is 0.143. The van der Waals surface area contributed by atoms with Gasteiger partial charge < -0.3 is 15.5 Å². The number of hydrogen-bond acceptors (Lipinski definition) is 4. The third kappa shape index (κ3) is 2.29. The molecule has 0 fully saturated rings. The average molecular weight is 255 g/mol. The quantitative estimate of drug-likeness (QED) is 0.823. The SMILES string of the molecule is CCOC(=O)c1[nH]c(-c2ccccc2)c(C#N)c1N. The fourth-order valence-corrected chi connectivity index (χ4v) is 1.82. The molecule has 0 aliphatic carbocycles. The topological polar surface area (TPSA) is 91.9 Å². The first-order valence-electron chi connectivity index (χ1n) is 5.83. The lowest BCUT2D eigenvalue weighted by atomic mass is 10.1. The first-order valence-corrected chi connectivity index (χ1v) is 5.83. The molecular formula is C14H13N3O2. The van der Waals surface area contributed by atoms with Crippen molar-refractivity contribution in [2.24, 2.45) is 0 Å². The van der Waals surface area contributed by atoms with E-state index in [1.165, 1.54) is 0 Å². The first kappa shape index (κ1) is 12.7. The van der Waals surface area contributed by atoms with Crippen LogP contribution in [0.15, 0.2) is 30.3 Å². The van der Waals surface area contributed by atoms with Crippen LogP contribution in [0.1, 0.15) is 23.0 Å². The maximum absolute atomic E-state index is 11.7. The highest BCUT2D eigenvalue weighted by atomic mass is 16.5. The molecule has 2 rings (SSSR count). The Labute approximate surface area is 110 Å².